The Morgan fingerprint density at radius 2 is 2.10 bits per heavy atom. The lowest BCUT2D eigenvalue weighted by atomic mass is 10.1. The first-order valence-corrected chi connectivity index (χ1v) is 8.21. The number of aromatic nitrogens is 1. The van der Waals surface area contributed by atoms with Gasteiger partial charge in [-0.05, 0) is 30.9 Å². The molecule has 5 N–H and O–H groups in total. The summed E-state index contributed by atoms with van der Waals surface area (Å²) in [6.45, 7) is 3.88. The van der Waals surface area contributed by atoms with Crippen molar-refractivity contribution in [3.63, 3.8) is 0 Å². The van der Waals surface area contributed by atoms with Crippen molar-refractivity contribution in [1.29, 1.82) is 0 Å². The van der Waals surface area contributed by atoms with Gasteiger partial charge in [0.15, 0.2) is 0 Å². The maximum Gasteiger partial charge on any atom is 0.0710 e. The average molecular weight is 294 g/mol. The topological polar surface area (TPSA) is 97.5 Å². The second kappa shape index (κ2) is 6.49. The van der Waals surface area contributed by atoms with Crippen LogP contribution in [0.25, 0.3) is 0 Å². The Kier molecular flexibility index (Phi) is 4.93. The van der Waals surface area contributed by atoms with Crippen molar-refractivity contribution in [1.82, 2.24) is 4.98 Å². The van der Waals surface area contributed by atoms with Gasteiger partial charge in [-0.1, -0.05) is 6.07 Å². The molecule has 6 heteroatoms. The first-order chi connectivity index (χ1) is 9.51. The lowest BCUT2D eigenvalue weighted by Crippen LogP contribution is -2.25. The molecule has 3 unspecified atom stereocenters. The van der Waals surface area contributed by atoms with Crippen molar-refractivity contribution in [2.75, 3.05) is 6.61 Å². The molecule has 0 bridgehead atoms. The zero-order valence-electron chi connectivity index (χ0n) is 11.8. The predicted octanol–water partition coefficient (Wildman–Crippen LogP) is 1.20. The van der Waals surface area contributed by atoms with Crippen molar-refractivity contribution in [3.05, 3.63) is 40.7 Å². The third kappa shape index (κ3) is 3.46. The van der Waals surface area contributed by atoms with Gasteiger partial charge in [0, 0.05) is 23.7 Å². The number of aliphatic imine (C=N–C) groups is 1. The van der Waals surface area contributed by atoms with E-state index in [1.54, 1.807) is 0 Å². The molecule has 0 aromatic carbocycles. The molecule has 1 aromatic heterocycles. The van der Waals surface area contributed by atoms with Crippen LogP contribution in [0.1, 0.15) is 31.1 Å². The van der Waals surface area contributed by atoms with Crippen molar-refractivity contribution < 1.29 is 5.11 Å². The Morgan fingerprint density at radius 1 is 1.35 bits per heavy atom. The van der Waals surface area contributed by atoms with Crippen molar-refractivity contribution in [2.45, 2.75) is 31.7 Å². The number of hydrogen-bond donors (Lipinski definition) is 4. The first-order valence-electron chi connectivity index (χ1n) is 6.61. The summed E-state index contributed by atoms with van der Waals surface area (Å²) in [6.07, 6.45) is 1.84. The van der Waals surface area contributed by atoms with E-state index < -0.39 is 10.9 Å². The van der Waals surface area contributed by atoms with Gasteiger partial charge in [-0.3, -0.25) is 9.98 Å². The number of nitrogens with two attached hydrogens (primary N) is 2. The van der Waals surface area contributed by atoms with E-state index in [-0.39, 0.29) is 18.7 Å². The highest BCUT2D eigenvalue weighted by molar-refractivity contribution is 8.31. The summed E-state index contributed by atoms with van der Waals surface area (Å²) in [5.74, 6) is 0.853. The Hall–Kier alpha value is -1.21. The summed E-state index contributed by atoms with van der Waals surface area (Å²) in [5, 5.41) is 12.3. The molecular weight excluding hydrogens is 272 g/mol. The molecule has 1 aliphatic rings. The minimum absolute atomic E-state index is 0.00564. The van der Waals surface area contributed by atoms with E-state index in [9.17, 15) is 0 Å². The molecule has 1 aliphatic heterocycles. The average Bonchev–Trinajstić information content (AvgIpc) is 2.80. The number of aliphatic hydroxyl groups excluding tert-OH is 1. The summed E-state index contributed by atoms with van der Waals surface area (Å²) < 4.78 is 0. The third-order valence-electron chi connectivity index (χ3n) is 3.28. The molecule has 0 spiro atoms. The van der Waals surface area contributed by atoms with Crippen LogP contribution in [0.3, 0.4) is 0 Å². The highest BCUT2D eigenvalue weighted by atomic mass is 32.2. The molecule has 0 radical (unpaired) electrons. The number of aliphatic hydroxyl groups is 1. The number of pyridine rings is 1. The second-order valence-corrected chi connectivity index (χ2v) is 7.16. The lowest BCUT2D eigenvalue weighted by molar-refractivity contribution is 0.279. The summed E-state index contributed by atoms with van der Waals surface area (Å²) >= 11 is 0. The Labute approximate surface area is 122 Å². The number of nitrogens with zero attached hydrogens (tertiary/aromatic N) is 2. The number of thiol groups is 1. The summed E-state index contributed by atoms with van der Waals surface area (Å²) in [7, 11) is -0.482. The molecule has 0 fully saturated rings. The smallest absolute Gasteiger partial charge is 0.0710 e. The number of rotatable bonds is 5. The van der Waals surface area contributed by atoms with Gasteiger partial charge < -0.3 is 16.6 Å². The fourth-order valence-electron chi connectivity index (χ4n) is 1.94. The molecular formula is C14H22N4OS. The fourth-order valence-corrected chi connectivity index (χ4v) is 3.79. The fraction of sp³-hybridized carbons (Fsp3) is 0.429. The van der Waals surface area contributed by atoms with Gasteiger partial charge in [0.25, 0.3) is 0 Å². The SMILES string of the molecule is CC1=NC(C(N)CO)=C[SH]1Cc1ccc(C(C)N)cn1. The molecule has 1 aromatic rings. The van der Waals surface area contributed by atoms with E-state index in [2.05, 4.69) is 15.4 Å². The largest absolute Gasteiger partial charge is 0.394 e. The molecule has 3 atom stereocenters. The van der Waals surface area contributed by atoms with Gasteiger partial charge in [0.1, 0.15) is 0 Å². The van der Waals surface area contributed by atoms with Crippen LogP contribution in [0.2, 0.25) is 0 Å². The normalized spacial score (nSPS) is 23.1. The minimum atomic E-state index is -0.482. The zero-order valence-corrected chi connectivity index (χ0v) is 12.7. The minimum Gasteiger partial charge on any atom is -0.394 e. The van der Waals surface area contributed by atoms with Gasteiger partial charge in [0.2, 0.25) is 0 Å². The first kappa shape index (κ1) is 15.2. The zero-order chi connectivity index (χ0) is 14.7. The van der Waals surface area contributed by atoms with Crippen LogP contribution in [-0.4, -0.2) is 27.8 Å². The molecule has 5 nitrogen and oxygen atoms in total. The van der Waals surface area contributed by atoms with Crippen LogP contribution in [0.5, 0.6) is 0 Å². The Morgan fingerprint density at radius 3 is 2.65 bits per heavy atom. The van der Waals surface area contributed by atoms with Crippen molar-refractivity contribution in [3.8, 4) is 0 Å². The summed E-state index contributed by atoms with van der Waals surface area (Å²) in [4.78, 5) is 8.92. The highest BCUT2D eigenvalue weighted by Crippen LogP contribution is 2.40. The second-order valence-electron chi connectivity index (χ2n) is 5.00. The van der Waals surface area contributed by atoms with Crippen LogP contribution in [-0.2, 0) is 5.75 Å². The molecule has 110 valence electrons. The van der Waals surface area contributed by atoms with E-state index in [1.165, 1.54) is 0 Å². The highest BCUT2D eigenvalue weighted by Gasteiger charge is 2.19. The number of hydrogen-bond acceptors (Lipinski definition) is 5. The molecule has 0 amide bonds. The maximum atomic E-state index is 9.09. The van der Waals surface area contributed by atoms with E-state index in [0.717, 1.165) is 27.8 Å². The quantitative estimate of drug-likeness (QED) is 0.613. The Bertz CT molecular complexity index is 524. The van der Waals surface area contributed by atoms with Gasteiger partial charge in [-0.2, -0.15) is 10.9 Å². The standard InChI is InChI=1S/C14H22N4OS/c1-9(15)11-3-4-12(17-5-11)7-20-8-14(13(16)6-19)18-10(20)2/h3-5,8-9,13,19-20H,6-7,15-16H2,1-2H3. The van der Waals surface area contributed by atoms with Crippen LogP contribution in [0.4, 0.5) is 0 Å². The van der Waals surface area contributed by atoms with Gasteiger partial charge in [-0.25, -0.2) is 0 Å². The summed E-state index contributed by atoms with van der Waals surface area (Å²) in [5.41, 5.74) is 14.5. The molecule has 2 rings (SSSR count). The molecule has 0 saturated heterocycles. The van der Waals surface area contributed by atoms with Crippen molar-refractivity contribution in [2.24, 2.45) is 16.5 Å². The molecule has 0 aliphatic carbocycles. The molecule has 0 saturated carbocycles. The summed E-state index contributed by atoms with van der Waals surface area (Å²) in [6, 6.07) is 3.66. The van der Waals surface area contributed by atoms with E-state index >= 15 is 0 Å². The van der Waals surface area contributed by atoms with Crippen LogP contribution in [0, 0.1) is 0 Å². The molecule has 2 heterocycles. The van der Waals surface area contributed by atoms with Gasteiger partial charge in [-0.15, -0.1) is 0 Å². The van der Waals surface area contributed by atoms with Gasteiger partial charge in [0.05, 0.1) is 23.4 Å². The lowest BCUT2D eigenvalue weighted by Gasteiger charge is -2.13. The predicted molar refractivity (Wildman–Crippen MR) is 85.8 cm³/mol. The van der Waals surface area contributed by atoms with Crippen LogP contribution < -0.4 is 11.5 Å². The Balaban J connectivity index is 2.07. The van der Waals surface area contributed by atoms with Gasteiger partial charge >= 0.3 is 0 Å². The monoisotopic (exact) mass is 294 g/mol. The van der Waals surface area contributed by atoms with Crippen LogP contribution in [0.15, 0.2) is 34.4 Å². The van der Waals surface area contributed by atoms with Crippen LogP contribution >= 0.6 is 10.9 Å². The van der Waals surface area contributed by atoms with E-state index in [4.69, 9.17) is 16.6 Å². The van der Waals surface area contributed by atoms with E-state index in [0.29, 0.717) is 0 Å². The third-order valence-corrected chi connectivity index (χ3v) is 5.45. The van der Waals surface area contributed by atoms with Crippen molar-refractivity contribution >= 4 is 15.9 Å². The maximum absolute atomic E-state index is 9.09. The van der Waals surface area contributed by atoms with E-state index in [1.807, 2.05) is 32.2 Å². The molecule has 20 heavy (non-hydrogen) atoms.